The second kappa shape index (κ2) is 5.87. The molecule has 0 radical (unpaired) electrons. The van der Waals surface area contributed by atoms with E-state index in [9.17, 15) is 14.6 Å². The number of halogens is 2. The van der Waals surface area contributed by atoms with Crippen LogP contribution in [0.3, 0.4) is 0 Å². The third-order valence-corrected chi connectivity index (χ3v) is 3.05. The number of benzene rings is 1. The van der Waals surface area contributed by atoms with Gasteiger partial charge in [-0.3, -0.25) is 0 Å². The van der Waals surface area contributed by atoms with Gasteiger partial charge in [-0.05, 0) is 36.8 Å². The Morgan fingerprint density at radius 3 is 2.62 bits per heavy atom. The van der Waals surface area contributed by atoms with Gasteiger partial charge in [-0.25, -0.2) is 4.39 Å². The fourth-order valence-electron chi connectivity index (χ4n) is 1.40. The first-order valence-electron chi connectivity index (χ1n) is 4.90. The SMILES string of the molecule is Cc1cc(C(O)C(O)CCS)c(F)cc1Cl. The number of aryl methyl sites for hydroxylation is 1. The third-order valence-electron chi connectivity index (χ3n) is 2.39. The van der Waals surface area contributed by atoms with E-state index in [1.807, 2.05) is 0 Å². The Balaban J connectivity index is 2.99. The topological polar surface area (TPSA) is 40.5 Å². The van der Waals surface area contributed by atoms with Crippen LogP contribution in [-0.4, -0.2) is 22.1 Å². The lowest BCUT2D eigenvalue weighted by Gasteiger charge is -2.18. The molecule has 0 spiro atoms. The van der Waals surface area contributed by atoms with Gasteiger partial charge < -0.3 is 10.2 Å². The molecule has 1 aromatic rings. The van der Waals surface area contributed by atoms with Gasteiger partial charge in [0.15, 0.2) is 0 Å². The summed E-state index contributed by atoms with van der Waals surface area (Å²) in [6.45, 7) is 1.71. The normalized spacial score (nSPS) is 14.9. The van der Waals surface area contributed by atoms with E-state index in [2.05, 4.69) is 12.6 Å². The van der Waals surface area contributed by atoms with Crippen LogP contribution in [0.15, 0.2) is 12.1 Å². The molecule has 0 aliphatic carbocycles. The number of aliphatic hydroxyl groups excluding tert-OH is 2. The Morgan fingerprint density at radius 2 is 2.06 bits per heavy atom. The van der Waals surface area contributed by atoms with Crippen LogP contribution in [0.25, 0.3) is 0 Å². The maximum atomic E-state index is 13.5. The zero-order valence-corrected chi connectivity index (χ0v) is 10.5. The zero-order valence-electron chi connectivity index (χ0n) is 8.82. The van der Waals surface area contributed by atoms with Gasteiger partial charge in [0.05, 0.1) is 6.10 Å². The van der Waals surface area contributed by atoms with Gasteiger partial charge in [0.2, 0.25) is 0 Å². The first-order valence-corrected chi connectivity index (χ1v) is 5.91. The highest BCUT2D eigenvalue weighted by Gasteiger charge is 2.21. The molecule has 16 heavy (non-hydrogen) atoms. The lowest BCUT2D eigenvalue weighted by atomic mass is 10.0. The first-order chi connectivity index (χ1) is 7.47. The van der Waals surface area contributed by atoms with Crippen LogP contribution in [0.2, 0.25) is 5.02 Å². The van der Waals surface area contributed by atoms with Crippen LogP contribution < -0.4 is 0 Å². The minimum Gasteiger partial charge on any atom is -0.390 e. The lowest BCUT2D eigenvalue weighted by Crippen LogP contribution is -2.20. The maximum absolute atomic E-state index is 13.5. The van der Waals surface area contributed by atoms with Crippen molar-refractivity contribution in [2.24, 2.45) is 0 Å². The monoisotopic (exact) mass is 264 g/mol. The number of hydrogen-bond donors (Lipinski definition) is 3. The molecule has 0 aliphatic rings. The van der Waals surface area contributed by atoms with Crippen LogP contribution in [-0.2, 0) is 0 Å². The summed E-state index contributed by atoms with van der Waals surface area (Å²) < 4.78 is 13.5. The summed E-state index contributed by atoms with van der Waals surface area (Å²) >= 11 is 9.68. The van der Waals surface area contributed by atoms with Crippen molar-refractivity contribution in [1.82, 2.24) is 0 Å². The molecular formula is C11H14ClFO2S. The Bertz CT molecular complexity index is 373. The van der Waals surface area contributed by atoms with Gasteiger partial charge in [0.25, 0.3) is 0 Å². The van der Waals surface area contributed by atoms with Crippen molar-refractivity contribution in [2.45, 2.75) is 25.6 Å². The first kappa shape index (κ1) is 13.8. The predicted molar refractivity (Wildman–Crippen MR) is 65.6 cm³/mol. The molecule has 2 unspecified atom stereocenters. The highest BCUT2D eigenvalue weighted by atomic mass is 35.5. The van der Waals surface area contributed by atoms with Gasteiger partial charge in [0.1, 0.15) is 11.9 Å². The lowest BCUT2D eigenvalue weighted by molar-refractivity contribution is 0.0151. The average Bonchev–Trinajstić information content (AvgIpc) is 2.23. The number of hydrogen-bond acceptors (Lipinski definition) is 3. The molecule has 2 nitrogen and oxygen atoms in total. The van der Waals surface area contributed by atoms with E-state index in [0.29, 0.717) is 22.8 Å². The molecule has 0 amide bonds. The van der Waals surface area contributed by atoms with Gasteiger partial charge in [0, 0.05) is 10.6 Å². The molecule has 5 heteroatoms. The summed E-state index contributed by atoms with van der Waals surface area (Å²) in [5, 5.41) is 19.6. The van der Waals surface area contributed by atoms with Crippen LogP contribution in [0, 0.1) is 12.7 Å². The maximum Gasteiger partial charge on any atom is 0.130 e. The molecule has 2 atom stereocenters. The van der Waals surface area contributed by atoms with Crippen molar-refractivity contribution >= 4 is 24.2 Å². The standard InChI is InChI=1S/C11H14ClFO2S/c1-6-4-7(9(13)5-8(6)12)11(15)10(14)2-3-16/h4-5,10-11,14-16H,2-3H2,1H3. The molecule has 2 N–H and O–H groups in total. The van der Waals surface area contributed by atoms with Crippen LogP contribution >= 0.6 is 24.2 Å². The molecule has 0 saturated heterocycles. The summed E-state index contributed by atoms with van der Waals surface area (Å²) in [6, 6.07) is 2.59. The van der Waals surface area contributed by atoms with E-state index in [1.54, 1.807) is 6.92 Å². The molecule has 1 aromatic carbocycles. The van der Waals surface area contributed by atoms with E-state index in [4.69, 9.17) is 11.6 Å². The van der Waals surface area contributed by atoms with Crippen molar-refractivity contribution in [2.75, 3.05) is 5.75 Å². The van der Waals surface area contributed by atoms with E-state index in [1.165, 1.54) is 6.07 Å². The van der Waals surface area contributed by atoms with Crippen molar-refractivity contribution in [3.05, 3.63) is 34.1 Å². The average molecular weight is 265 g/mol. The number of thiol groups is 1. The Hall–Kier alpha value is -0.290. The quantitative estimate of drug-likeness (QED) is 0.732. The third kappa shape index (κ3) is 3.10. The highest BCUT2D eigenvalue weighted by Crippen LogP contribution is 2.27. The summed E-state index contributed by atoms with van der Waals surface area (Å²) in [4.78, 5) is 0. The van der Waals surface area contributed by atoms with E-state index < -0.39 is 18.0 Å². The van der Waals surface area contributed by atoms with Gasteiger partial charge in [-0.2, -0.15) is 12.6 Å². The molecule has 0 fully saturated rings. The molecule has 0 aliphatic heterocycles. The van der Waals surface area contributed by atoms with Crippen LogP contribution in [0.4, 0.5) is 4.39 Å². The van der Waals surface area contributed by atoms with Crippen molar-refractivity contribution < 1.29 is 14.6 Å². The van der Waals surface area contributed by atoms with Gasteiger partial charge >= 0.3 is 0 Å². The summed E-state index contributed by atoms with van der Waals surface area (Å²) in [5.41, 5.74) is 0.728. The molecule has 0 aromatic heterocycles. The van der Waals surface area contributed by atoms with Gasteiger partial charge in [-0.1, -0.05) is 11.6 Å². The fourth-order valence-corrected chi connectivity index (χ4v) is 1.82. The molecular weight excluding hydrogens is 251 g/mol. The minimum atomic E-state index is -1.25. The molecule has 0 saturated carbocycles. The minimum absolute atomic E-state index is 0.0659. The van der Waals surface area contributed by atoms with E-state index >= 15 is 0 Å². The second-order valence-electron chi connectivity index (χ2n) is 3.65. The zero-order chi connectivity index (χ0) is 12.3. The van der Waals surface area contributed by atoms with Crippen molar-refractivity contribution in [3.63, 3.8) is 0 Å². The highest BCUT2D eigenvalue weighted by molar-refractivity contribution is 7.80. The van der Waals surface area contributed by atoms with E-state index in [-0.39, 0.29) is 5.56 Å². The molecule has 90 valence electrons. The molecule has 0 heterocycles. The number of aliphatic hydroxyl groups is 2. The van der Waals surface area contributed by atoms with Crippen molar-refractivity contribution in [1.29, 1.82) is 0 Å². The molecule has 1 rings (SSSR count). The predicted octanol–water partition coefficient (Wildman–Crippen LogP) is 2.50. The summed E-state index contributed by atoms with van der Waals surface area (Å²) in [7, 11) is 0. The van der Waals surface area contributed by atoms with Crippen LogP contribution in [0.5, 0.6) is 0 Å². The largest absolute Gasteiger partial charge is 0.390 e. The Morgan fingerprint density at radius 1 is 1.44 bits per heavy atom. The van der Waals surface area contributed by atoms with Gasteiger partial charge in [-0.15, -0.1) is 0 Å². The Kier molecular flexibility index (Phi) is 5.05. The summed E-state index contributed by atoms with van der Waals surface area (Å²) in [5.74, 6) is -0.187. The van der Waals surface area contributed by atoms with E-state index in [0.717, 1.165) is 6.07 Å². The summed E-state index contributed by atoms with van der Waals surface area (Å²) in [6.07, 6.45) is -1.97. The van der Waals surface area contributed by atoms with Crippen molar-refractivity contribution in [3.8, 4) is 0 Å². The number of rotatable bonds is 4. The molecule has 0 bridgehead atoms. The fraction of sp³-hybridized carbons (Fsp3) is 0.455. The second-order valence-corrected chi connectivity index (χ2v) is 4.50. The smallest absolute Gasteiger partial charge is 0.130 e. The Labute approximate surface area is 104 Å². The van der Waals surface area contributed by atoms with Crippen LogP contribution in [0.1, 0.15) is 23.7 Å².